The SMILES string of the molecule is Cc1cc(C(=O)Nc2cccc(B3OC(C)(C)C(C)(C)O3)c2Cl)nc2c1CCN(C(=O)OC(C)(C)C)C2. The van der Waals surface area contributed by atoms with Crippen molar-refractivity contribution in [3.8, 4) is 0 Å². The highest BCUT2D eigenvalue weighted by Gasteiger charge is 2.52. The first-order chi connectivity index (χ1) is 17.1. The van der Waals surface area contributed by atoms with E-state index in [1.54, 1.807) is 23.1 Å². The van der Waals surface area contributed by atoms with Gasteiger partial charge in [-0.25, -0.2) is 9.78 Å². The number of anilines is 1. The van der Waals surface area contributed by atoms with Gasteiger partial charge in [0.2, 0.25) is 0 Å². The molecular weight excluding hydrogens is 493 g/mol. The molecule has 1 aromatic carbocycles. The number of hydrogen-bond donors (Lipinski definition) is 1. The molecule has 2 aliphatic heterocycles. The summed E-state index contributed by atoms with van der Waals surface area (Å²) >= 11 is 6.71. The second kappa shape index (κ2) is 9.60. The lowest BCUT2D eigenvalue weighted by Gasteiger charge is -2.32. The van der Waals surface area contributed by atoms with E-state index in [4.69, 9.17) is 25.6 Å². The predicted octanol–water partition coefficient (Wildman–Crippen LogP) is 4.89. The fourth-order valence-electron chi connectivity index (χ4n) is 4.33. The van der Waals surface area contributed by atoms with Gasteiger partial charge < -0.3 is 24.3 Å². The summed E-state index contributed by atoms with van der Waals surface area (Å²) in [6.07, 6.45) is 0.260. The summed E-state index contributed by atoms with van der Waals surface area (Å²) in [4.78, 5) is 32.1. The Morgan fingerprint density at radius 2 is 1.81 bits per heavy atom. The molecule has 1 saturated heterocycles. The van der Waals surface area contributed by atoms with Crippen molar-refractivity contribution in [1.82, 2.24) is 9.88 Å². The number of amides is 2. The summed E-state index contributed by atoms with van der Waals surface area (Å²) in [7, 11) is -0.655. The van der Waals surface area contributed by atoms with Gasteiger partial charge in [0.05, 0.1) is 34.2 Å². The molecule has 0 radical (unpaired) electrons. The van der Waals surface area contributed by atoms with Gasteiger partial charge in [0, 0.05) is 12.0 Å². The lowest BCUT2D eigenvalue weighted by Crippen LogP contribution is -2.41. The molecule has 4 rings (SSSR count). The highest BCUT2D eigenvalue weighted by molar-refractivity contribution is 6.66. The summed E-state index contributed by atoms with van der Waals surface area (Å²) in [6, 6.07) is 7.12. The zero-order valence-corrected chi connectivity index (χ0v) is 23.6. The molecule has 0 saturated carbocycles. The highest BCUT2D eigenvalue weighted by atomic mass is 35.5. The maximum Gasteiger partial charge on any atom is 0.496 e. The molecule has 0 aliphatic carbocycles. The molecule has 1 N–H and O–H groups in total. The van der Waals surface area contributed by atoms with E-state index in [0.29, 0.717) is 34.8 Å². The molecule has 3 heterocycles. The average Bonchev–Trinajstić information content (AvgIpc) is 3.00. The Kier molecular flexibility index (Phi) is 7.12. The van der Waals surface area contributed by atoms with Crippen LogP contribution in [0.1, 0.15) is 75.8 Å². The monoisotopic (exact) mass is 527 g/mol. The Labute approximate surface area is 224 Å². The van der Waals surface area contributed by atoms with E-state index in [1.165, 1.54) is 0 Å². The number of nitrogens with one attached hydrogen (secondary N) is 1. The molecule has 8 nitrogen and oxygen atoms in total. The maximum absolute atomic E-state index is 13.2. The molecule has 37 heavy (non-hydrogen) atoms. The lowest BCUT2D eigenvalue weighted by molar-refractivity contribution is 0.00578. The molecule has 2 amide bonds. The third-order valence-electron chi connectivity index (χ3n) is 7.07. The molecule has 2 aromatic rings. The van der Waals surface area contributed by atoms with Crippen LogP contribution in [0.15, 0.2) is 24.3 Å². The molecule has 2 aliphatic rings. The normalized spacial score (nSPS) is 18.4. The fourth-order valence-corrected chi connectivity index (χ4v) is 4.59. The fraction of sp³-hybridized carbons (Fsp3) is 0.519. The second-order valence-corrected chi connectivity index (χ2v) is 12.0. The van der Waals surface area contributed by atoms with Crippen LogP contribution in [0.4, 0.5) is 10.5 Å². The van der Waals surface area contributed by atoms with Crippen LogP contribution in [-0.2, 0) is 27.0 Å². The van der Waals surface area contributed by atoms with Crippen LogP contribution >= 0.6 is 11.6 Å². The first-order valence-corrected chi connectivity index (χ1v) is 12.9. The van der Waals surface area contributed by atoms with Gasteiger partial charge in [-0.15, -0.1) is 0 Å². The number of hydrogen-bond acceptors (Lipinski definition) is 6. The predicted molar refractivity (Wildman–Crippen MR) is 144 cm³/mol. The topological polar surface area (TPSA) is 90.0 Å². The Morgan fingerprint density at radius 1 is 1.16 bits per heavy atom. The number of aromatic nitrogens is 1. The number of carbonyl (C=O) groups excluding carboxylic acids is 2. The first kappa shape index (κ1) is 27.4. The smallest absolute Gasteiger partial charge is 0.444 e. The Morgan fingerprint density at radius 3 is 2.43 bits per heavy atom. The quantitative estimate of drug-likeness (QED) is 0.572. The molecule has 1 fully saturated rings. The van der Waals surface area contributed by atoms with Crippen LogP contribution in [0.2, 0.25) is 5.02 Å². The van der Waals surface area contributed by atoms with Gasteiger partial charge >= 0.3 is 13.2 Å². The highest BCUT2D eigenvalue weighted by Crippen LogP contribution is 2.37. The number of nitrogens with zero attached hydrogens (tertiary/aromatic N) is 2. The van der Waals surface area contributed by atoms with E-state index in [0.717, 1.165) is 11.1 Å². The number of halogens is 1. The molecule has 198 valence electrons. The number of aryl methyl sites for hydroxylation is 1. The Balaban J connectivity index is 1.54. The molecule has 0 spiro atoms. The van der Waals surface area contributed by atoms with Gasteiger partial charge in [0.15, 0.2) is 0 Å². The van der Waals surface area contributed by atoms with Crippen molar-refractivity contribution >= 4 is 41.9 Å². The van der Waals surface area contributed by atoms with Crippen molar-refractivity contribution in [2.45, 2.75) is 85.2 Å². The number of fused-ring (bicyclic) bond motifs is 1. The van der Waals surface area contributed by atoms with Crippen LogP contribution in [0, 0.1) is 6.92 Å². The summed E-state index contributed by atoms with van der Waals surface area (Å²) < 4.78 is 17.8. The zero-order chi connectivity index (χ0) is 27.3. The van der Waals surface area contributed by atoms with Crippen LogP contribution in [0.3, 0.4) is 0 Å². The van der Waals surface area contributed by atoms with Crippen molar-refractivity contribution in [2.24, 2.45) is 0 Å². The van der Waals surface area contributed by atoms with Gasteiger partial charge in [-0.3, -0.25) is 4.79 Å². The molecule has 1 aromatic heterocycles. The maximum atomic E-state index is 13.2. The van der Waals surface area contributed by atoms with Crippen LogP contribution in [0.25, 0.3) is 0 Å². The molecule has 0 atom stereocenters. The van der Waals surface area contributed by atoms with E-state index in [2.05, 4.69) is 10.3 Å². The Hall–Kier alpha value is -2.62. The summed E-state index contributed by atoms with van der Waals surface area (Å²) in [5, 5.41) is 3.23. The van der Waals surface area contributed by atoms with Crippen LogP contribution < -0.4 is 10.8 Å². The van der Waals surface area contributed by atoms with E-state index in [1.807, 2.05) is 61.5 Å². The third-order valence-corrected chi connectivity index (χ3v) is 7.50. The van der Waals surface area contributed by atoms with Crippen molar-refractivity contribution in [1.29, 1.82) is 0 Å². The molecule has 0 bridgehead atoms. The Bertz CT molecular complexity index is 1230. The largest absolute Gasteiger partial charge is 0.496 e. The van der Waals surface area contributed by atoms with Crippen molar-refractivity contribution in [3.63, 3.8) is 0 Å². The molecule has 0 unspecified atom stereocenters. The standard InChI is InChI=1S/C27H35BClN3O5/c1-16-14-20(30-21-15-32(13-12-17(16)21)24(34)35-25(2,3)4)23(33)31-19-11-9-10-18(22(19)29)28-36-26(5,6)27(7,8)37-28/h9-11,14H,12-13,15H2,1-8H3,(H,31,33). The number of benzene rings is 1. The molecule has 10 heteroatoms. The van der Waals surface area contributed by atoms with E-state index in [-0.39, 0.29) is 12.2 Å². The third kappa shape index (κ3) is 5.64. The minimum Gasteiger partial charge on any atom is -0.444 e. The lowest BCUT2D eigenvalue weighted by atomic mass is 9.79. The van der Waals surface area contributed by atoms with Crippen molar-refractivity contribution < 1.29 is 23.6 Å². The van der Waals surface area contributed by atoms with E-state index in [9.17, 15) is 9.59 Å². The number of rotatable bonds is 3. The summed E-state index contributed by atoms with van der Waals surface area (Å²) in [6.45, 7) is 16.2. The second-order valence-electron chi connectivity index (χ2n) is 11.7. The average molecular weight is 528 g/mol. The van der Waals surface area contributed by atoms with Crippen molar-refractivity contribution in [2.75, 3.05) is 11.9 Å². The number of ether oxygens (including phenoxy) is 1. The number of pyridine rings is 1. The van der Waals surface area contributed by atoms with Crippen molar-refractivity contribution in [3.05, 3.63) is 51.8 Å². The van der Waals surface area contributed by atoms with Crippen LogP contribution in [-0.4, -0.2) is 52.4 Å². The minimum atomic E-state index is -0.655. The first-order valence-electron chi connectivity index (χ1n) is 12.5. The van der Waals surface area contributed by atoms with Gasteiger partial charge in [0.1, 0.15) is 11.3 Å². The van der Waals surface area contributed by atoms with Crippen LogP contribution in [0.5, 0.6) is 0 Å². The summed E-state index contributed by atoms with van der Waals surface area (Å²) in [5.74, 6) is -0.395. The zero-order valence-electron chi connectivity index (χ0n) is 22.8. The van der Waals surface area contributed by atoms with Gasteiger partial charge in [-0.2, -0.15) is 0 Å². The van der Waals surface area contributed by atoms with Gasteiger partial charge in [-0.05, 0) is 85.1 Å². The van der Waals surface area contributed by atoms with Gasteiger partial charge in [0.25, 0.3) is 5.91 Å². The number of carbonyl (C=O) groups is 2. The summed E-state index contributed by atoms with van der Waals surface area (Å²) in [5.41, 5.74) is 2.41. The minimum absolute atomic E-state index is 0.249. The molecular formula is C27H35BClN3O5. The van der Waals surface area contributed by atoms with E-state index < -0.39 is 35.9 Å². The van der Waals surface area contributed by atoms with Gasteiger partial charge in [-0.1, -0.05) is 23.7 Å². The van der Waals surface area contributed by atoms with E-state index >= 15 is 0 Å².